The molecule has 0 rings (SSSR count). The van der Waals surface area contributed by atoms with Crippen molar-refractivity contribution in [2.24, 2.45) is 11.5 Å². The minimum atomic E-state index is -0.606. The molecule has 0 heterocycles. The van der Waals surface area contributed by atoms with Crippen LogP contribution in [-0.2, 0) is 9.59 Å². The number of rotatable bonds is 4. The maximum absolute atomic E-state index is 9.86. The van der Waals surface area contributed by atoms with Gasteiger partial charge in [-0.25, -0.2) is 0 Å². The van der Waals surface area contributed by atoms with Crippen molar-refractivity contribution >= 4 is 12.6 Å². The Morgan fingerprint density at radius 1 is 1.11 bits per heavy atom. The number of carbonyl (C=O) groups is 2. The molecule has 4 heteroatoms. The predicted octanol–water partition coefficient (Wildman–Crippen LogP) is -1.57. The van der Waals surface area contributed by atoms with Gasteiger partial charge in [0.2, 0.25) is 0 Å². The van der Waals surface area contributed by atoms with Crippen LogP contribution in [0.2, 0.25) is 0 Å². The van der Waals surface area contributed by atoms with Crippen LogP contribution in [0, 0.1) is 0 Å². The van der Waals surface area contributed by atoms with E-state index in [-0.39, 0.29) is 6.42 Å². The molecule has 0 aliphatic heterocycles. The quantitative estimate of drug-likeness (QED) is 0.450. The van der Waals surface area contributed by atoms with Crippen molar-refractivity contribution in [3.63, 3.8) is 0 Å². The van der Waals surface area contributed by atoms with Crippen LogP contribution in [-0.4, -0.2) is 24.7 Å². The van der Waals surface area contributed by atoms with Gasteiger partial charge in [0.05, 0.1) is 12.1 Å². The Bertz CT molecular complexity index is 93.1. The van der Waals surface area contributed by atoms with Gasteiger partial charge in [-0.15, -0.1) is 0 Å². The zero-order chi connectivity index (χ0) is 7.28. The summed E-state index contributed by atoms with van der Waals surface area (Å²) >= 11 is 0. The van der Waals surface area contributed by atoms with Crippen molar-refractivity contribution in [2.75, 3.05) is 0 Å². The molecule has 4 nitrogen and oxygen atoms in total. The van der Waals surface area contributed by atoms with Crippen LogP contribution in [0.25, 0.3) is 0 Å². The molecule has 0 radical (unpaired) electrons. The number of hydrogen-bond acceptors (Lipinski definition) is 4. The molecule has 0 saturated heterocycles. The SMILES string of the molecule is NC(C=O)CC(N)C=O. The van der Waals surface area contributed by atoms with Crippen molar-refractivity contribution in [1.29, 1.82) is 0 Å². The van der Waals surface area contributed by atoms with Gasteiger partial charge in [-0.1, -0.05) is 0 Å². The van der Waals surface area contributed by atoms with E-state index in [1.54, 1.807) is 0 Å². The molecule has 0 aromatic rings. The summed E-state index contributed by atoms with van der Waals surface area (Å²) in [5, 5.41) is 0. The first-order valence-electron chi connectivity index (χ1n) is 2.62. The lowest BCUT2D eigenvalue weighted by atomic mass is 10.1. The first-order chi connectivity index (χ1) is 4.20. The van der Waals surface area contributed by atoms with E-state index in [0.29, 0.717) is 12.6 Å². The molecule has 0 spiro atoms. The first-order valence-corrected chi connectivity index (χ1v) is 2.62. The molecule has 9 heavy (non-hydrogen) atoms. The fourth-order valence-electron chi connectivity index (χ4n) is 0.425. The monoisotopic (exact) mass is 130 g/mol. The second-order valence-corrected chi connectivity index (χ2v) is 1.84. The minimum absolute atomic E-state index is 0.229. The number of carbonyl (C=O) groups excluding carboxylic acids is 2. The van der Waals surface area contributed by atoms with Gasteiger partial charge in [-0.2, -0.15) is 0 Å². The Morgan fingerprint density at radius 2 is 1.44 bits per heavy atom. The Kier molecular flexibility index (Phi) is 3.83. The summed E-state index contributed by atoms with van der Waals surface area (Å²) in [6.07, 6.45) is 1.37. The van der Waals surface area contributed by atoms with E-state index in [0.717, 1.165) is 0 Å². The first kappa shape index (κ1) is 8.26. The van der Waals surface area contributed by atoms with Gasteiger partial charge in [0.25, 0.3) is 0 Å². The highest BCUT2D eigenvalue weighted by atomic mass is 16.1. The third kappa shape index (κ3) is 3.81. The van der Waals surface area contributed by atoms with Crippen LogP contribution < -0.4 is 11.5 Å². The van der Waals surface area contributed by atoms with E-state index < -0.39 is 12.1 Å². The maximum Gasteiger partial charge on any atom is 0.136 e. The second kappa shape index (κ2) is 4.17. The van der Waals surface area contributed by atoms with Gasteiger partial charge in [0.15, 0.2) is 0 Å². The number of nitrogens with two attached hydrogens (primary N) is 2. The second-order valence-electron chi connectivity index (χ2n) is 1.84. The smallest absolute Gasteiger partial charge is 0.136 e. The summed E-state index contributed by atoms with van der Waals surface area (Å²) < 4.78 is 0. The van der Waals surface area contributed by atoms with Gasteiger partial charge in [0, 0.05) is 0 Å². The van der Waals surface area contributed by atoms with Gasteiger partial charge < -0.3 is 21.1 Å². The molecular weight excluding hydrogens is 120 g/mol. The van der Waals surface area contributed by atoms with Crippen LogP contribution in [0.1, 0.15) is 6.42 Å². The molecule has 2 atom stereocenters. The van der Waals surface area contributed by atoms with E-state index in [2.05, 4.69) is 0 Å². The molecule has 0 fully saturated rings. The molecule has 2 unspecified atom stereocenters. The highest BCUT2D eigenvalue weighted by Crippen LogP contribution is 1.85. The van der Waals surface area contributed by atoms with Gasteiger partial charge >= 0.3 is 0 Å². The van der Waals surface area contributed by atoms with E-state index >= 15 is 0 Å². The summed E-state index contributed by atoms with van der Waals surface area (Å²) in [6, 6.07) is -1.21. The third-order valence-electron chi connectivity index (χ3n) is 0.894. The van der Waals surface area contributed by atoms with E-state index in [9.17, 15) is 9.59 Å². The molecule has 0 bridgehead atoms. The molecule has 0 aliphatic rings. The molecule has 4 N–H and O–H groups in total. The summed E-state index contributed by atoms with van der Waals surface area (Å²) in [6.45, 7) is 0. The zero-order valence-electron chi connectivity index (χ0n) is 4.99. The van der Waals surface area contributed by atoms with Crippen molar-refractivity contribution in [2.45, 2.75) is 18.5 Å². The molecular formula is C5H10N2O2. The van der Waals surface area contributed by atoms with Crippen LogP contribution in [0.3, 0.4) is 0 Å². The van der Waals surface area contributed by atoms with Gasteiger partial charge in [-0.05, 0) is 6.42 Å². The Morgan fingerprint density at radius 3 is 1.67 bits per heavy atom. The molecule has 0 aliphatic carbocycles. The lowest BCUT2D eigenvalue weighted by molar-refractivity contribution is -0.110. The van der Waals surface area contributed by atoms with Crippen LogP contribution in [0.4, 0.5) is 0 Å². The Balaban J connectivity index is 3.45. The van der Waals surface area contributed by atoms with E-state index in [1.165, 1.54) is 0 Å². The van der Waals surface area contributed by atoms with Gasteiger partial charge in [-0.3, -0.25) is 0 Å². The summed E-state index contributed by atoms with van der Waals surface area (Å²) in [5.74, 6) is 0. The maximum atomic E-state index is 9.86. The average molecular weight is 130 g/mol. The topological polar surface area (TPSA) is 86.2 Å². The number of hydrogen-bond donors (Lipinski definition) is 2. The lowest BCUT2D eigenvalue weighted by Gasteiger charge is -2.04. The summed E-state index contributed by atoms with van der Waals surface area (Å²) in [4.78, 5) is 19.7. The fourth-order valence-corrected chi connectivity index (χ4v) is 0.425. The molecule has 52 valence electrons. The van der Waals surface area contributed by atoms with Crippen molar-refractivity contribution in [3.8, 4) is 0 Å². The molecule has 0 aromatic heterocycles. The van der Waals surface area contributed by atoms with Crippen LogP contribution >= 0.6 is 0 Å². The minimum Gasteiger partial charge on any atom is -0.322 e. The summed E-state index contributed by atoms with van der Waals surface area (Å²) in [7, 11) is 0. The highest BCUT2D eigenvalue weighted by molar-refractivity contribution is 5.62. The average Bonchev–Trinajstić information content (AvgIpc) is 1.87. The fraction of sp³-hybridized carbons (Fsp3) is 0.600. The zero-order valence-corrected chi connectivity index (χ0v) is 4.99. The lowest BCUT2D eigenvalue weighted by Crippen LogP contribution is -2.33. The predicted molar refractivity (Wildman–Crippen MR) is 32.7 cm³/mol. The molecule has 0 saturated carbocycles. The Hall–Kier alpha value is -0.740. The normalized spacial score (nSPS) is 16.2. The summed E-state index contributed by atoms with van der Waals surface area (Å²) in [5.41, 5.74) is 10.3. The Labute approximate surface area is 53.2 Å². The standard InChI is InChI=1S/C5H10N2O2/c6-4(2-8)1-5(7)3-9/h2-5H,1,6-7H2. The van der Waals surface area contributed by atoms with Crippen LogP contribution in [0.15, 0.2) is 0 Å². The highest BCUT2D eigenvalue weighted by Gasteiger charge is 2.05. The van der Waals surface area contributed by atoms with Crippen molar-refractivity contribution in [3.05, 3.63) is 0 Å². The third-order valence-corrected chi connectivity index (χ3v) is 0.894. The van der Waals surface area contributed by atoms with Gasteiger partial charge in [0.1, 0.15) is 12.6 Å². The van der Waals surface area contributed by atoms with E-state index in [4.69, 9.17) is 11.5 Å². The van der Waals surface area contributed by atoms with Crippen molar-refractivity contribution in [1.82, 2.24) is 0 Å². The largest absolute Gasteiger partial charge is 0.322 e. The van der Waals surface area contributed by atoms with E-state index in [1.807, 2.05) is 0 Å². The van der Waals surface area contributed by atoms with Crippen molar-refractivity contribution < 1.29 is 9.59 Å². The van der Waals surface area contributed by atoms with Crippen LogP contribution in [0.5, 0.6) is 0 Å². The molecule has 0 aromatic carbocycles. The molecule has 0 amide bonds. The number of aldehydes is 2.